The fourth-order valence-corrected chi connectivity index (χ4v) is 2.69. The molecule has 3 heterocycles. The van der Waals surface area contributed by atoms with Gasteiger partial charge in [-0.15, -0.1) is 5.10 Å². The van der Waals surface area contributed by atoms with Crippen LogP contribution in [0.4, 0.5) is 0 Å². The predicted octanol–water partition coefficient (Wildman–Crippen LogP) is 1.20. The van der Waals surface area contributed by atoms with Crippen LogP contribution in [-0.4, -0.2) is 48.1 Å². The standard InChI is InChI=1S/C17H16N8O/c1-10-5-3-8-14(19-10)25-17(20-13(23-25)9-15(26)18-2)11-6-4-7-12-16(11)22-24-21-12/h3-8H,9H2,1-2H3,(H,18,26)(H,21,22,24). The van der Waals surface area contributed by atoms with Crippen LogP contribution < -0.4 is 5.32 Å². The number of hydrogen-bond acceptors (Lipinski definition) is 6. The van der Waals surface area contributed by atoms with Gasteiger partial charge in [0, 0.05) is 18.3 Å². The molecule has 4 rings (SSSR count). The van der Waals surface area contributed by atoms with Gasteiger partial charge in [-0.1, -0.05) is 12.1 Å². The van der Waals surface area contributed by atoms with Gasteiger partial charge >= 0.3 is 0 Å². The number of para-hydroxylation sites is 1. The highest BCUT2D eigenvalue weighted by Crippen LogP contribution is 2.26. The lowest BCUT2D eigenvalue weighted by atomic mass is 10.1. The second-order valence-corrected chi connectivity index (χ2v) is 5.75. The summed E-state index contributed by atoms with van der Waals surface area (Å²) in [5.74, 6) is 1.42. The summed E-state index contributed by atoms with van der Waals surface area (Å²) < 4.78 is 1.63. The number of H-pyrrole nitrogens is 1. The Kier molecular flexibility index (Phi) is 3.88. The molecular weight excluding hydrogens is 332 g/mol. The van der Waals surface area contributed by atoms with Crippen molar-refractivity contribution in [2.45, 2.75) is 13.3 Å². The molecule has 1 aromatic carbocycles. The van der Waals surface area contributed by atoms with Crippen molar-refractivity contribution < 1.29 is 4.79 Å². The number of fused-ring (bicyclic) bond motifs is 1. The number of likely N-dealkylation sites (N-methyl/N-ethyl adjacent to an activating group) is 1. The quantitative estimate of drug-likeness (QED) is 0.573. The molecule has 0 fully saturated rings. The Morgan fingerprint density at radius 3 is 2.81 bits per heavy atom. The number of carbonyl (C=O) groups is 1. The molecule has 0 unspecified atom stereocenters. The molecule has 0 aliphatic rings. The third-order valence-electron chi connectivity index (χ3n) is 3.93. The number of aryl methyl sites for hydroxylation is 1. The molecule has 3 aromatic heterocycles. The molecule has 0 atom stereocenters. The van der Waals surface area contributed by atoms with Crippen LogP contribution in [0.5, 0.6) is 0 Å². The molecule has 0 spiro atoms. The normalized spacial score (nSPS) is 11.0. The second kappa shape index (κ2) is 6.36. The van der Waals surface area contributed by atoms with E-state index in [-0.39, 0.29) is 12.3 Å². The van der Waals surface area contributed by atoms with E-state index in [1.54, 1.807) is 11.7 Å². The van der Waals surface area contributed by atoms with E-state index < -0.39 is 0 Å². The van der Waals surface area contributed by atoms with Gasteiger partial charge in [0.05, 0.1) is 6.42 Å². The molecule has 0 saturated carbocycles. The van der Waals surface area contributed by atoms with Crippen molar-refractivity contribution in [2.75, 3.05) is 7.05 Å². The van der Waals surface area contributed by atoms with E-state index in [0.717, 1.165) is 16.8 Å². The molecule has 0 aliphatic carbocycles. The first-order valence-electron chi connectivity index (χ1n) is 8.06. The summed E-state index contributed by atoms with van der Waals surface area (Å²) in [6.07, 6.45) is 0.0805. The van der Waals surface area contributed by atoms with E-state index >= 15 is 0 Å². The third-order valence-corrected chi connectivity index (χ3v) is 3.93. The van der Waals surface area contributed by atoms with Crippen LogP contribution in [0.15, 0.2) is 36.4 Å². The van der Waals surface area contributed by atoms with Crippen molar-refractivity contribution in [3.8, 4) is 17.2 Å². The highest BCUT2D eigenvalue weighted by Gasteiger charge is 2.19. The first kappa shape index (κ1) is 15.9. The molecular formula is C17H16N8O. The Labute approximate surface area is 148 Å². The van der Waals surface area contributed by atoms with Gasteiger partial charge in [-0.25, -0.2) is 9.97 Å². The van der Waals surface area contributed by atoms with E-state index in [2.05, 4.69) is 35.8 Å². The van der Waals surface area contributed by atoms with Crippen molar-refractivity contribution in [3.63, 3.8) is 0 Å². The number of nitrogens with one attached hydrogen (secondary N) is 2. The molecule has 130 valence electrons. The molecule has 9 nitrogen and oxygen atoms in total. The van der Waals surface area contributed by atoms with E-state index in [9.17, 15) is 4.79 Å². The predicted molar refractivity (Wildman–Crippen MR) is 94.5 cm³/mol. The van der Waals surface area contributed by atoms with Crippen LogP contribution in [0.2, 0.25) is 0 Å². The maximum Gasteiger partial charge on any atom is 0.227 e. The SMILES string of the molecule is CNC(=O)Cc1nc(-c2cccc3n[nH]nc23)n(-c2cccc(C)n2)n1. The van der Waals surface area contributed by atoms with Crippen LogP contribution in [0, 0.1) is 6.92 Å². The van der Waals surface area contributed by atoms with Gasteiger partial charge in [0.25, 0.3) is 0 Å². The van der Waals surface area contributed by atoms with Gasteiger partial charge in [0.2, 0.25) is 5.91 Å². The smallest absolute Gasteiger partial charge is 0.227 e. The van der Waals surface area contributed by atoms with Crippen LogP contribution in [0.3, 0.4) is 0 Å². The molecule has 4 aromatic rings. The highest BCUT2D eigenvalue weighted by atomic mass is 16.1. The summed E-state index contributed by atoms with van der Waals surface area (Å²) in [7, 11) is 1.58. The van der Waals surface area contributed by atoms with Crippen molar-refractivity contribution in [2.24, 2.45) is 0 Å². The van der Waals surface area contributed by atoms with Crippen molar-refractivity contribution >= 4 is 16.9 Å². The molecule has 26 heavy (non-hydrogen) atoms. The fourth-order valence-electron chi connectivity index (χ4n) is 2.69. The Morgan fingerprint density at radius 2 is 2.00 bits per heavy atom. The summed E-state index contributed by atoms with van der Waals surface area (Å²) in [6.45, 7) is 1.91. The summed E-state index contributed by atoms with van der Waals surface area (Å²) in [5.41, 5.74) is 3.02. The van der Waals surface area contributed by atoms with E-state index in [1.165, 1.54) is 0 Å². The number of nitrogens with zero attached hydrogens (tertiary/aromatic N) is 6. The molecule has 0 radical (unpaired) electrons. The Morgan fingerprint density at radius 1 is 1.15 bits per heavy atom. The van der Waals surface area contributed by atoms with Crippen LogP contribution in [0.1, 0.15) is 11.5 Å². The topological polar surface area (TPSA) is 114 Å². The van der Waals surface area contributed by atoms with Crippen molar-refractivity contribution in [1.82, 2.24) is 40.5 Å². The van der Waals surface area contributed by atoms with Crippen LogP contribution in [0.25, 0.3) is 28.2 Å². The van der Waals surface area contributed by atoms with Gasteiger partial charge in [-0.05, 0) is 31.2 Å². The first-order chi connectivity index (χ1) is 12.7. The van der Waals surface area contributed by atoms with Gasteiger partial charge < -0.3 is 5.32 Å². The van der Waals surface area contributed by atoms with Crippen LogP contribution in [-0.2, 0) is 11.2 Å². The number of hydrogen-bond donors (Lipinski definition) is 2. The number of amides is 1. The lowest BCUT2D eigenvalue weighted by Crippen LogP contribution is -2.20. The second-order valence-electron chi connectivity index (χ2n) is 5.75. The maximum atomic E-state index is 11.8. The van der Waals surface area contributed by atoms with Crippen molar-refractivity contribution in [3.05, 3.63) is 47.9 Å². The minimum absolute atomic E-state index is 0.0805. The minimum Gasteiger partial charge on any atom is -0.359 e. The highest BCUT2D eigenvalue weighted by molar-refractivity contribution is 5.89. The lowest BCUT2D eigenvalue weighted by molar-refractivity contribution is -0.120. The fraction of sp³-hybridized carbons (Fsp3) is 0.176. The van der Waals surface area contributed by atoms with Gasteiger partial charge in [0.15, 0.2) is 17.5 Å². The zero-order chi connectivity index (χ0) is 18.1. The molecule has 9 heteroatoms. The maximum absolute atomic E-state index is 11.8. The molecule has 1 amide bonds. The monoisotopic (exact) mass is 348 g/mol. The third kappa shape index (κ3) is 2.79. The summed E-state index contributed by atoms with van der Waals surface area (Å²) in [6, 6.07) is 11.3. The van der Waals surface area contributed by atoms with E-state index in [0.29, 0.717) is 23.0 Å². The average molecular weight is 348 g/mol. The lowest BCUT2D eigenvalue weighted by Gasteiger charge is -2.06. The number of pyridine rings is 1. The zero-order valence-corrected chi connectivity index (χ0v) is 14.3. The van der Waals surface area contributed by atoms with E-state index in [1.807, 2.05) is 43.3 Å². The minimum atomic E-state index is -0.162. The summed E-state index contributed by atoms with van der Waals surface area (Å²) in [4.78, 5) is 20.9. The Bertz CT molecular complexity index is 1100. The van der Waals surface area contributed by atoms with E-state index in [4.69, 9.17) is 0 Å². The van der Waals surface area contributed by atoms with Crippen LogP contribution >= 0.6 is 0 Å². The summed E-state index contributed by atoms with van der Waals surface area (Å²) >= 11 is 0. The first-order valence-corrected chi connectivity index (χ1v) is 8.06. The zero-order valence-electron chi connectivity index (χ0n) is 14.3. The molecule has 0 saturated heterocycles. The number of aromatic amines is 1. The largest absolute Gasteiger partial charge is 0.359 e. The van der Waals surface area contributed by atoms with Gasteiger partial charge in [-0.3, -0.25) is 4.79 Å². The molecule has 0 aliphatic heterocycles. The molecule has 0 bridgehead atoms. The Hall–Kier alpha value is -3.62. The molecule has 2 N–H and O–H groups in total. The van der Waals surface area contributed by atoms with Gasteiger partial charge in [-0.2, -0.15) is 20.1 Å². The number of benzene rings is 1. The number of aromatic nitrogens is 7. The summed E-state index contributed by atoms with van der Waals surface area (Å²) in [5, 5.41) is 18.0. The Balaban J connectivity index is 1.92. The average Bonchev–Trinajstić information content (AvgIpc) is 3.28. The van der Waals surface area contributed by atoms with Crippen molar-refractivity contribution in [1.29, 1.82) is 0 Å². The number of rotatable bonds is 4. The van der Waals surface area contributed by atoms with Gasteiger partial charge in [0.1, 0.15) is 11.0 Å². The number of carbonyl (C=O) groups excluding carboxylic acids is 1.